The first-order valence-corrected chi connectivity index (χ1v) is 20.4. The molecule has 2 heterocycles. The summed E-state index contributed by atoms with van der Waals surface area (Å²) in [7, 11) is 3.10. The zero-order valence-electron chi connectivity index (χ0n) is 34.2. The van der Waals surface area contributed by atoms with Gasteiger partial charge in [0.15, 0.2) is 0 Å². The number of anilines is 1. The van der Waals surface area contributed by atoms with E-state index < -0.39 is 65.5 Å². The van der Waals surface area contributed by atoms with Gasteiger partial charge in [-0.05, 0) is 63.0 Å². The Morgan fingerprint density at radius 3 is 2.36 bits per heavy atom. The quantitative estimate of drug-likeness (QED) is 0.0802. The van der Waals surface area contributed by atoms with E-state index in [0.29, 0.717) is 29.3 Å². The monoisotopic (exact) mass is 811 g/mol. The Morgan fingerprint density at radius 2 is 1.78 bits per heavy atom. The van der Waals surface area contributed by atoms with Crippen LogP contribution in [-0.2, 0) is 41.6 Å². The number of cyclic esters (lactones) is 1. The van der Waals surface area contributed by atoms with Crippen molar-refractivity contribution in [1.82, 2.24) is 10.2 Å². The summed E-state index contributed by atoms with van der Waals surface area (Å²) in [6.45, 7) is 16.1. The SMILES string of the molecule is C/C=C(\C)Cc1cc(CO)c(Cl)c(N(C)C(=O)C[C@H](OC(=O)[C@H](C)N(C)C(=O)CCC(C)SC(C)C)[C@]2(C)O[C@H]2[C@H](C)[C@@H]2C[C@](O)([C@@H](C)CO)NC(=O)O2)c1. The predicted octanol–water partition coefficient (Wildman–Crippen LogP) is 5.37. The number of aliphatic hydroxyl groups is 3. The minimum Gasteiger partial charge on any atom is -0.457 e. The molecule has 2 saturated heterocycles. The molecule has 2 fully saturated rings. The number of hydrogen-bond acceptors (Lipinski definition) is 11. The topological polar surface area (TPSA) is 178 Å². The second-order valence-electron chi connectivity index (χ2n) is 15.7. The molecule has 3 rings (SSSR count). The van der Waals surface area contributed by atoms with Crippen molar-refractivity contribution in [3.05, 3.63) is 39.9 Å². The minimum atomic E-state index is -1.73. The van der Waals surface area contributed by atoms with E-state index in [1.165, 1.54) is 9.80 Å². The van der Waals surface area contributed by atoms with E-state index in [4.69, 9.17) is 25.8 Å². The number of epoxide rings is 1. The van der Waals surface area contributed by atoms with Crippen molar-refractivity contribution >= 4 is 52.9 Å². The highest BCUT2D eigenvalue weighted by Crippen LogP contribution is 2.49. The fourth-order valence-corrected chi connectivity index (χ4v) is 8.37. The second-order valence-corrected chi connectivity index (χ2v) is 18.1. The molecule has 15 heteroatoms. The van der Waals surface area contributed by atoms with Crippen molar-refractivity contribution in [3.63, 3.8) is 0 Å². The first kappa shape index (κ1) is 46.5. The van der Waals surface area contributed by atoms with Crippen molar-refractivity contribution in [2.45, 2.75) is 147 Å². The number of halogens is 1. The summed E-state index contributed by atoms with van der Waals surface area (Å²) in [5, 5.41) is 34.3. The molecular formula is C40H62ClN3O10S. The fourth-order valence-electron chi connectivity index (χ4n) is 6.89. The lowest BCUT2D eigenvalue weighted by Crippen LogP contribution is -2.61. The molecular weight excluding hydrogens is 750 g/mol. The lowest BCUT2D eigenvalue weighted by molar-refractivity contribution is -0.162. The summed E-state index contributed by atoms with van der Waals surface area (Å²) in [5.74, 6) is -2.64. The first-order chi connectivity index (χ1) is 25.6. The van der Waals surface area contributed by atoms with E-state index in [-0.39, 0.29) is 48.7 Å². The third-order valence-corrected chi connectivity index (χ3v) is 12.7. The number of nitrogens with zero attached hydrogens (tertiary/aromatic N) is 2. The average Bonchev–Trinajstić information content (AvgIpc) is 3.83. The number of allylic oxidation sites excluding steroid dienone is 2. The van der Waals surface area contributed by atoms with Gasteiger partial charge < -0.3 is 39.3 Å². The van der Waals surface area contributed by atoms with Gasteiger partial charge in [0.05, 0.1) is 36.4 Å². The average molecular weight is 812 g/mol. The number of carbonyl (C=O) groups is 4. The molecule has 310 valence electrons. The normalized spacial score (nSPS) is 25.2. The third kappa shape index (κ3) is 11.6. The lowest BCUT2D eigenvalue weighted by Gasteiger charge is -2.42. The van der Waals surface area contributed by atoms with Gasteiger partial charge in [0.25, 0.3) is 0 Å². The number of alkyl carbamates (subject to hydrolysis) is 1. The Labute approximate surface area is 335 Å². The van der Waals surface area contributed by atoms with E-state index >= 15 is 0 Å². The summed E-state index contributed by atoms with van der Waals surface area (Å²) in [6, 6.07) is 2.60. The van der Waals surface area contributed by atoms with Crippen LogP contribution in [-0.4, -0.2) is 111 Å². The van der Waals surface area contributed by atoms with Gasteiger partial charge in [-0.1, -0.05) is 63.9 Å². The molecule has 2 aliphatic rings. The van der Waals surface area contributed by atoms with Crippen molar-refractivity contribution in [3.8, 4) is 0 Å². The van der Waals surface area contributed by atoms with Crippen molar-refractivity contribution in [1.29, 1.82) is 0 Å². The van der Waals surface area contributed by atoms with E-state index in [1.807, 2.05) is 19.9 Å². The van der Waals surface area contributed by atoms with Crippen LogP contribution in [0, 0.1) is 11.8 Å². The number of aliphatic hydroxyl groups excluding tert-OH is 2. The maximum atomic E-state index is 14.1. The molecule has 0 aromatic heterocycles. The minimum absolute atomic E-state index is 0.0450. The molecule has 2 aliphatic heterocycles. The fraction of sp³-hybridized carbons (Fsp3) is 0.700. The number of carbonyl (C=O) groups excluding carboxylic acids is 4. The van der Waals surface area contributed by atoms with Gasteiger partial charge in [0.2, 0.25) is 11.8 Å². The number of hydrogen-bond donors (Lipinski definition) is 4. The molecule has 0 radical (unpaired) electrons. The van der Waals surface area contributed by atoms with Gasteiger partial charge in [-0.25, -0.2) is 9.59 Å². The summed E-state index contributed by atoms with van der Waals surface area (Å²) in [4.78, 5) is 56.4. The molecule has 1 unspecified atom stereocenters. The molecule has 9 atom stereocenters. The highest BCUT2D eigenvalue weighted by molar-refractivity contribution is 8.00. The molecule has 1 aromatic rings. The maximum Gasteiger partial charge on any atom is 0.409 e. The third-order valence-electron chi connectivity index (χ3n) is 11.0. The number of nitrogens with one attached hydrogen (secondary N) is 1. The smallest absolute Gasteiger partial charge is 0.409 e. The molecule has 13 nitrogen and oxygen atoms in total. The van der Waals surface area contributed by atoms with Crippen LogP contribution in [0.1, 0.15) is 99.1 Å². The number of likely N-dealkylation sites (N-methyl/N-ethyl adjacent to an activating group) is 1. The molecule has 0 aliphatic carbocycles. The molecule has 4 N–H and O–H groups in total. The summed E-state index contributed by atoms with van der Waals surface area (Å²) in [6.07, 6.45) is -0.460. The van der Waals surface area contributed by atoms with Crippen molar-refractivity contribution in [2.24, 2.45) is 11.8 Å². The van der Waals surface area contributed by atoms with Crippen LogP contribution < -0.4 is 10.2 Å². The second kappa shape index (κ2) is 19.5. The number of esters is 1. The molecule has 0 bridgehead atoms. The number of thioether (sulfide) groups is 1. The highest BCUT2D eigenvalue weighted by atomic mass is 35.5. The van der Waals surface area contributed by atoms with Crippen LogP contribution in [0.15, 0.2) is 23.8 Å². The highest BCUT2D eigenvalue weighted by Gasteiger charge is 2.64. The van der Waals surface area contributed by atoms with Gasteiger partial charge >= 0.3 is 12.1 Å². The summed E-state index contributed by atoms with van der Waals surface area (Å²) >= 11 is 8.49. The molecule has 1 aromatic carbocycles. The van der Waals surface area contributed by atoms with E-state index in [0.717, 1.165) is 11.1 Å². The Balaban J connectivity index is 1.91. The Kier molecular flexibility index (Phi) is 16.5. The van der Waals surface area contributed by atoms with Gasteiger partial charge in [-0.15, -0.1) is 0 Å². The van der Waals surface area contributed by atoms with Gasteiger partial charge in [-0.2, -0.15) is 11.8 Å². The molecule has 3 amide bonds. The van der Waals surface area contributed by atoms with Crippen molar-refractivity contribution < 1.29 is 48.7 Å². The Hall–Kier alpha value is -2.88. The lowest BCUT2D eigenvalue weighted by atomic mass is 9.82. The van der Waals surface area contributed by atoms with Crippen LogP contribution in [0.2, 0.25) is 5.02 Å². The van der Waals surface area contributed by atoms with Crippen LogP contribution in [0.4, 0.5) is 10.5 Å². The van der Waals surface area contributed by atoms with E-state index in [9.17, 15) is 34.5 Å². The van der Waals surface area contributed by atoms with E-state index in [1.54, 1.807) is 65.7 Å². The number of benzene rings is 1. The van der Waals surface area contributed by atoms with Crippen LogP contribution in [0.5, 0.6) is 0 Å². The van der Waals surface area contributed by atoms with Crippen LogP contribution in [0.3, 0.4) is 0 Å². The summed E-state index contributed by atoms with van der Waals surface area (Å²) in [5.41, 5.74) is -0.209. The van der Waals surface area contributed by atoms with Gasteiger partial charge in [0.1, 0.15) is 29.6 Å². The number of ether oxygens (including phenoxy) is 3. The standard InChI is InChI=1S/C40H62ClN3O10S/c1-12-23(4)15-28-16-29(21-46)35(41)30(17-28)44(11)34(48)18-32(53-37(49)27(8)43(10)33(47)14-13-25(6)55-22(2)3)39(9)36(54-39)26(7)31-19-40(51,24(5)20-45)42-38(50)52-31/h12,16-17,22,24-27,31-32,36,45-46,51H,13-15,18-21H2,1-11H3,(H,42,50)/b23-12+/t24-,25?,26+,27-,31-,32-,36-,39-,40-/m0/s1. The van der Waals surface area contributed by atoms with Gasteiger partial charge in [0, 0.05) is 44.0 Å². The van der Waals surface area contributed by atoms with Crippen LogP contribution >= 0.6 is 23.4 Å². The molecule has 0 spiro atoms. The first-order valence-electron chi connectivity index (χ1n) is 19.0. The van der Waals surface area contributed by atoms with E-state index in [2.05, 4.69) is 26.1 Å². The largest absolute Gasteiger partial charge is 0.457 e. The Bertz CT molecular complexity index is 1580. The zero-order chi connectivity index (χ0) is 41.6. The van der Waals surface area contributed by atoms with Crippen LogP contribution in [0.25, 0.3) is 0 Å². The zero-order valence-corrected chi connectivity index (χ0v) is 35.8. The number of rotatable bonds is 19. The summed E-state index contributed by atoms with van der Waals surface area (Å²) < 4.78 is 17.9. The predicted molar refractivity (Wildman–Crippen MR) is 214 cm³/mol. The molecule has 0 saturated carbocycles. The Morgan fingerprint density at radius 1 is 1.13 bits per heavy atom. The molecule has 55 heavy (non-hydrogen) atoms. The number of amides is 3. The van der Waals surface area contributed by atoms with Gasteiger partial charge in [-0.3, -0.25) is 14.9 Å². The maximum absolute atomic E-state index is 14.1. The van der Waals surface area contributed by atoms with Crippen molar-refractivity contribution in [2.75, 3.05) is 25.6 Å².